The third-order valence-corrected chi connectivity index (χ3v) is 3.19. The minimum Gasteiger partial charge on any atom is -0.323 e. The van der Waals surface area contributed by atoms with Gasteiger partial charge < -0.3 is 4.90 Å². The predicted molar refractivity (Wildman–Crippen MR) is 88.5 cm³/mol. The van der Waals surface area contributed by atoms with Gasteiger partial charge in [0.1, 0.15) is 17.5 Å². The minimum atomic E-state index is -0.586. The zero-order valence-electron chi connectivity index (χ0n) is 13.6. The molecule has 0 bridgehead atoms. The van der Waals surface area contributed by atoms with Gasteiger partial charge in [0.25, 0.3) is 0 Å². The summed E-state index contributed by atoms with van der Waals surface area (Å²) in [7, 11) is 0. The van der Waals surface area contributed by atoms with Crippen LogP contribution >= 0.6 is 0 Å². The van der Waals surface area contributed by atoms with Gasteiger partial charge >= 0.3 is 0 Å². The molecule has 0 aromatic heterocycles. The van der Waals surface area contributed by atoms with Crippen LogP contribution in [0.5, 0.6) is 0 Å². The van der Waals surface area contributed by atoms with Gasteiger partial charge in [0.2, 0.25) is 0 Å². The zero-order chi connectivity index (χ0) is 16.9. The first-order valence-corrected chi connectivity index (χ1v) is 6.99. The molecule has 4 heteroatoms. The van der Waals surface area contributed by atoms with Gasteiger partial charge in [0.05, 0.1) is 6.54 Å². The molecule has 1 rings (SSSR count). The van der Waals surface area contributed by atoms with E-state index in [0.717, 1.165) is 17.3 Å². The van der Waals surface area contributed by atoms with Gasteiger partial charge in [-0.2, -0.15) is 0 Å². The Morgan fingerprint density at radius 2 is 1.91 bits per heavy atom. The van der Waals surface area contributed by atoms with E-state index >= 15 is 0 Å². The molecule has 0 N–H and O–H groups in total. The van der Waals surface area contributed by atoms with Gasteiger partial charge in [-0.3, -0.25) is 0 Å². The van der Waals surface area contributed by atoms with Gasteiger partial charge in [-0.05, 0) is 52.1 Å². The van der Waals surface area contributed by atoms with E-state index in [2.05, 4.69) is 18.3 Å². The molecule has 118 valence electrons. The molecule has 0 aliphatic rings. The van der Waals surface area contributed by atoms with Crippen LogP contribution in [0.15, 0.2) is 52.9 Å². The highest BCUT2D eigenvalue weighted by atomic mass is 19.1. The van der Waals surface area contributed by atoms with Crippen LogP contribution in [-0.2, 0) is 6.54 Å². The summed E-state index contributed by atoms with van der Waals surface area (Å²) in [6.07, 6.45) is 3.84. The Kier molecular flexibility index (Phi) is 6.23. The van der Waals surface area contributed by atoms with Gasteiger partial charge in [0.15, 0.2) is 0 Å². The largest absolute Gasteiger partial charge is 0.323 e. The lowest BCUT2D eigenvalue weighted by Gasteiger charge is -2.26. The number of halogens is 2. The lowest BCUT2D eigenvalue weighted by atomic mass is 10.1. The van der Waals surface area contributed by atoms with Gasteiger partial charge in [-0.1, -0.05) is 18.2 Å². The molecule has 0 aliphatic heterocycles. The van der Waals surface area contributed by atoms with Gasteiger partial charge in [0, 0.05) is 17.3 Å². The van der Waals surface area contributed by atoms with Gasteiger partial charge in [-0.15, -0.1) is 0 Å². The summed E-state index contributed by atoms with van der Waals surface area (Å²) in [6.45, 7) is 14.9. The maximum absolute atomic E-state index is 14.0. The summed E-state index contributed by atoms with van der Waals surface area (Å²) >= 11 is 0. The Labute approximate surface area is 131 Å². The maximum atomic E-state index is 14.0. The van der Waals surface area contributed by atoms with E-state index in [9.17, 15) is 8.78 Å². The Balaban J connectivity index is 3.26. The van der Waals surface area contributed by atoms with Crippen LogP contribution in [0.3, 0.4) is 0 Å². The molecule has 0 radical (unpaired) electrons. The smallest absolute Gasteiger partial charge is 0.131 e. The van der Waals surface area contributed by atoms with E-state index in [1.165, 1.54) is 6.07 Å². The average Bonchev–Trinajstić information content (AvgIpc) is 2.46. The molecule has 0 heterocycles. The number of benzene rings is 1. The normalized spacial score (nSPS) is 11.1. The minimum absolute atomic E-state index is 0.203. The summed E-state index contributed by atoms with van der Waals surface area (Å²) in [5.74, 6) is -0.728. The fourth-order valence-corrected chi connectivity index (χ4v) is 2.04. The molecule has 0 aliphatic carbocycles. The fourth-order valence-electron chi connectivity index (χ4n) is 2.04. The first-order valence-electron chi connectivity index (χ1n) is 6.99. The molecule has 1 aromatic carbocycles. The van der Waals surface area contributed by atoms with Crippen molar-refractivity contribution in [2.24, 2.45) is 4.99 Å². The molecule has 1 aromatic rings. The van der Waals surface area contributed by atoms with Crippen molar-refractivity contribution in [2.45, 2.75) is 34.2 Å². The third kappa shape index (κ3) is 4.38. The van der Waals surface area contributed by atoms with E-state index in [1.807, 2.05) is 32.9 Å². The lowest BCUT2D eigenvalue weighted by Crippen LogP contribution is -2.21. The van der Waals surface area contributed by atoms with E-state index in [1.54, 1.807) is 11.8 Å². The highest BCUT2D eigenvalue weighted by Crippen LogP contribution is 2.22. The number of hydrogen-bond donors (Lipinski definition) is 0. The average molecular weight is 304 g/mol. The number of rotatable bonds is 6. The third-order valence-electron chi connectivity index (χ3n) is 3.19. The summed E-state index contributed by atoms with van der Waals surface area (Å²) in [5.41, 5.74) is 2.70. The van der Waals surface area contributed by atoms with Crippen LogP contribution in [0.25, 0.3) is 0 Å². The van der Waals surface area contributed by atoms with Crippen LogP contribution < -0.4 is 0 Å². The molecule has 0 atom stereocenters. The first-order chi connectivity index (χ1) is 10.3. The van der Waals surface area contributed by atoms with Gasteiger partial charge in [-0.25, -0.2) is 13.8 Å². The zero-order valence-corrected chi connectivity index (χ0v) is 13.6. The van der Waals surface area contributed by atoms with E-state index in [-0.39, 0.29) is 6.54 Å². The van der Waals surface area contributed by atoms with Crippen molar-refractivity contribution in [1.82, 2.24) is 4.90 Å². The molecule has 2 nitrogen and oxygen atoms in total. The maximum Gasteiger partial charge on any atom is 0.131 e. The molecule has 0 fully saturated rings. The lowest BCUT2D eigenvalue weighted by molar-refractivity contribution is 0.417. The molecule has 0 saturated heterocycles. The van der Waals surface area contributed by atoms with Crippen molar-refractivity contribution < 1.29 is 8.78 Å². The second-order valence-electron chi connectivity index (χ2n) is 5.29. The highest BCUT2D eigenvalue weighted by molar-refractivity contribution is 5.33. The summed E-state index contributed by atoms with van der Waals surface area (Å²) in [4.78, 5) is 5.59. The number of allylic oxidation sites excluding steroid dienone is 3. The van der Waals surface area contributed by atoms with Crippen LogP contribution in [0.1, 0.15) is 31.9 Å². The summed E-state index contributed by atoms with van der Waals surface area (Å²) in [6, 6.07) is 2.41. The van der Waals surface area contributed by atoms with Crippen molar-refractivity contribution >= 4 is 6.72 Å². The van der Waals surface area contributed by atoms with Crippen molar-refractivity contribution in [3.63, 3.8) is 0 Å². The van der Waals surface area contributed by atoms with E-state index < -0.39 is 11.6 Å². The Morgan fingerprint density at radius 3 is 2.41 bits per heavy atom. The molecule has 0 amide bonds. The predicted octanol–water partition coefficient (Wildman–Crippen LogP) is 5.12. The second-order valence-corrected chi connectivity index (χ2v) is 5.29. The quantitative estimate of drug-likeness (QED) is 0.526. The molecule has 22 heavy (non-hydrogen) atoms. The SMILES string of the molecule is C=NC(=C)N(Cc1cc(C)c(F)cc1F)/C(C=C(C)C)=C/C. The summed E-state index contributed by atoms with van der Waals surface area (Å²) in [5, 5.41) is 0. The first kappa shape index (κ1) is 17.8. The van der Waals surface area contributed by atoms with Crippen molar-refractivity contribution in [2.75, 3.05) is 0 Å². The Hall–Kier alpha value is -2.23. The summed E-state index contributed by atoms with van der Waals surface area (Å²) < 4.78 is 27.4. The highest BCUT2D eigenvalue weighted by Gasteiger charge is 2.15. The standard InChI is InChI=1S/C18H22F2N2/c1-7-16(8-12(2)3)22(14(5)21-6)11-15-9-13(4)17(19)10-18(15)20/h7-10H,5-6,11H2,1-4H3/b16-7+. The molecule has 0 spiro atoms. The Bertz CT molecular complexity index is 639. The molecule has 0 saturated carbocycles. The van der Waals surface area contributed by atoms with E-state index in [0.29, 0.717) is 16.9 Å². The van der Waals surface area contributed by atoms with Crippen molar-refractivity contribution in [3.05, 3.63) is 70.7 Å². The monoisotopic (exact) mass is 304 g/mol. The molecule has 0 unspecified atom stereocenters. The second kappa shape index (κ2) is 7.69. The van der Waals surface area contributed by atoms with Crippen LogP contribution in [0.4, 0.5) is 8.78 Å². The van der Waals surface area contributed by atoms with E-state index in [4.69, 9.17) is 0 Å². The Morgan fingerprint density at radius 1 is 1.27 bits per heavy atom. The number of hydrogen-bond acceptors (Lipinski definition) is 2. The number of aliphatic imine (C=N–C) groups is 1. The van der Waals surface area contributed by atoms with Crippen LogP contribution in [0.2, 0.25) is 0 Å². The van der Waals surface area contributed by atoms with Crippen LogP contribution in [-0.4, -0.2) is 11.6 Å². The topological polar surface area (TPSA) is 15.6 Å². The number of aryl methyl sites for hydroxylation is 1. The number of nitrogens with zero attached hydrogens (tertiary/aromatic N) is 2. The molecular weight excluding hydrogens is 282 g/mol. The molecular formula is C18H22F2N2. The van der Waals surface area contributed by atoms with Crippen molar-refractivity contribution in [3.8, 4) is 0 Å². The van der Waals surface area contributed by atoms with Crippen LogP contribution in [0, 0.1) is 18.6 Å². The fraction of sp³-hybridized carbons (Fsp3) is 0.278. The van der Waals surface area contributed by atoms with Crippen molar-refractivity contribution in [1.29, 1.82) is 0 Å².